The normalized spacial score (nSPS) is 11.8. The van der Waals surface area contributed by atoms with Crippen LogP contribution >= 0.6 is 0 Å². The van der Waals surface area contributed by atoms with E-state index in [9.17, 15) is 14.4 Å². The molecule has 0 unspecified atom stereocenters. The summed E-state index contributed by atoms with van der Waals surface area (Å²) in [6.45, 7) is 11.1. The van der Waals surface area contributed by atoms with Crippen molar-refractivity contribution in [3.05, 3.63) is 0 Å². The van der Waals surface area contributed by atoms with Crippen molar-refractivity contribution in [1.82, 2.24) is 0 Å². The Bertz CT molecular complexity index is 382. The fourth-order valence-electron chi connectivity index (χ4n) is 1.91. The van der Waals surface area contributed by atoms with Crippen LogP contribution in [0, 0.1) is 0 Å². The molecule has 0 rings (SSSR count). The first-order valence-electron chi connectivity index (χ1n) is 8.83. The monoisotopic (exact) mass is 452 g/mol. The van der Waals surface area contributed by atoms with Crippen LogP contribution in [-0.2, 0) is 23.6 Å². The van der Waals surface area contributed by atoms with Crippen LogP contribution in [0.4, 0.5) is 0 Å². The van der Waals surface area contributed by atoms with Gasteiger partial charge in [-0.3, -0.25) is 0 Å². The molecule has 0 aliphatic rings. The first-order chi connectivity index (χ1) is 11.2. The Labute approximate surface area is 151 Å². The predicted octanol–water partition coefficient (Wildman–Crippen LogP) is 4.15. The third kappa shape index (κ3) is 6.99. The fourth-order valence-corrected chi connectivity index (χ4v) is 9.31. The van der Waals surface area contributed by atoms with E-state index in [2.05, 4.69) is 0 Å². The molecule has 0 amide bonds. The Balaban J connectivity index is 5.75. The van der Waals surface area contributed by atoms with Crippen LogP contribution in [0.2, 0.25) is 3.43 Å². The van der Waals surface area contributed by atoms with E-state index in [1.54, 1.807) is 0 Å². The first-order valence-corrected chi connectivity index (χ1v) is 13.8. The van der Waals surface area contributed by atoms with Crippen molar-refractivity contribution in [1.29, 1.82) is 0 Å². The Hall–Kier alpha value is -0.791. The molecule has 0 bridgehead atoms. The summed E-state index contributed by atoms with van der Waals surface area (Å²) in [6.07, 6.45) is 3.01. The average Bonchev–Trinajstić information content (AvgIpc) is 2.47. The Morgan fingerprint density at radius 1 is 0.708 bits per heavy atom. The van der Waals surface area contributed by atoms with Crippen LogP contribution in [0.5, 0.6) is 0 Å². The van der Waals surface area contributed by atoms with Gasteiger partial charge in [-0.05, 0) is 0 Å². The maximum absolute atomic E-state index is 12.1. The molecule has 140 valence electrons. The van der Waals surface area contributed by atoms with Crippen molar-refractivity contribution in [2.75, 3.05) is 0 Å². The summed E-state index contributed by atoms with van der Waals surface area (Å²) in [5.74, 6) is -1.41. The van der Waals surface area contributed by atoms with Crippen molar-refractivity contribution in [3.8, 4) is 0 Å². The van der Waals surface area contributed by atoms with Crippen LogP contribution in [0.3, 0.4) is 0 Å². The molecule has 7 heteroatoms. The van der Waals surface area contributed by atoms with Gasteiger partial charge in [-0.1, -0.05) is 0 Å². The number of rotatable bonds is 11. The van der Waals surface area contributed by atoms with Crippen LogP contribution < -0.4 is 0 Å². The topological polar surface area (TPSA) is 78.9 Å². The Morgan fingerprint density at radius 2 is 1.00 bits per heavy atom. The summed E-state index contributed by atoms with van der Waals surface area (Å²) < 4.78 is 16.3. The van der Waals surface area contributed by atoms with Crippen LogP contribution in [0.15, 0.2) is 0 Å². The molecule has 6 nitrogen and oxygen atoms in total. The zero-order valence-electron chi connectivity index (χ0n) is 15.9. The van der Waals surface area contributed by atoms with Crippen molar-refractivity contribution >= 4 is 37.5 Å². The minimum atomic E-state index is -4.81. The summed E-state index contributed by atoms with van der Waals surface area (Å²) in [6, 6.07) is 0. The first kappa shape index (κ1) is 23.2. The summed E-state index contributed by atoms with van der Waals surface area (Å²) in [7, 11) is 0. The van der Waals surface area contributed by atoms with Gasteiger partial charge in [-0.15, -0.1) is 0 Å². The van der Waals surface area contributed by atoms with Crippen molar-refractivity contribution in [3.63, 3.8) is 0 Å². The van der Waals surface area contributed by atoms with Gasteiger partial charge >= 0.3 is 151 Å². The molecule has 0 saturated heterocycles. The van der Waals surface area contributed by atoms with Gasteiger partial charge in [0.05, 0.1) is 0 Å². The van der Waals surface area contributed by atoms with E-state index in [4.69, 9.17) is 9.22 Å². The molecule has 0 radical (unpaired) electrons. The molecule has 0 N–H and O–H groups in total. The molecule has 0 saturated carbocycles. The molecule has 0 fully saturated rings. The average molecular weight is 451 g/mol. The van der Waals surface area contributed by atoms with E-state index in [1.165, 1.54) is 0 Å². The zero-order chi connectivity index (χ0) is 18.8. The van der Waals surface area contributed by atoms with Crippen LogP contribution in [-0.4, -0.2) is 37.5 Å². The van der Waals surface area contributed by atoms with E-state index in [1.807, 2.05) is 41.5 Å². The van der Waals surface area contributed by atoms with E-state index < -0.39 is 41.0 Å². The summed E-state index contributed by atoms with van der Waals surface area (Å²) in [5.41, 5.74) is 0. The summed E-state index contributed by atoms with van der Waals surface area (Å²) >= 11 is -4.81. The van der Waals surface area contributed by atoms with E-state index >= 15 is 0 Å². The third-order valence-electron chi connectivity index (χ3n) is 3.82. The molecule has 0 atom stereocenters. The number of carbonyl (C=O) groups excluding carboxylic acids is 3. The molecule has 0 aliphatic carbocycles. The van der Waals surface area contributed by atoms with Gasteiger partial charge in [-0.25, -0.2) is 0 Å². The van der Waals surface area contributed by atoms with Gasteiger partial charge in [0.15, 0.2) is 0 Å². The van der Waals surface area contributed by atoms with Crippen molar-refractivity contribution < 1.29 is 23.6 Å². The molecular weight excluding hydrogens is 419 g/mol. The van der Waals surface area contributed by atoms with E-state index in [0.29, 0.717) is 25.7 Å². The number of hydrogen-bond donors (Lipinski definition) is 0. The fraction of sp³-hybridized carbons (Fsp3) is 0.824. The predicted molar refractivity (Wildman–Crippen MR) is 93.1 cm³/mol. The minimum absolute atomic E-state index is 0.203. The molecule has 24 heavy (non-hydrogen) atoms. The van der Waals surface area contributed by atoms with Gasteiger partial charge in [0.2, 0.25) is 0 Å². The second-order valence-electron chi connectivity index (χ2n) is 6.47. The van der Waals surface area contributed by atoms with Crippen LogP contribution in [0.25, 0.3) is 0 Å². The maximum atomic E-state index is 12.1. The van der Waals surface area contributed by atoms with Crippen molar-refractivity contribution in [2.45, 2.75) is 89.9 Å². The van der Waals surface area contributed by atoms with Crippen molar-refractivity contribution in [2.24, 2.45) is 0 Å². The third-order valence-corrected chi connectivity index (χ3v) is 13.8. The second-order valence-corrected chi connectivity index (χ2v) is 15.3. The Morgan fingerprint density at radius 3 is 1.21 bits per heavy atom. The van der Waals surface area contributed by atoms with Gasteiger partial charge in [0.1, 0.15) is 0 Å². The number of hydrogen-bond acceptors (Lipinski definition) is 6. The van der Waals surface area contributed by atoms with Crippen LogP contribution in [0.1, 0.15) is 86.5 Å². The van der Waals surface area contributed by atoms with Gasteiger partial charge in [-0.2, -0.15) is 0 Å². The SMILES string of the molecule is CCCC(=O)[O][Sn]([O]C(=O)CCC)([O]C(=O)CCC)[C](C)(C)CC. The molecule has 0 heterocycles. The quantitative estimate of drug-likeness (QED) is 0.440. The molecule has 0 aromatic carbocycles. The number of carbonyl (C=O) groups is 3. The van der Waals surface area contributed by atoms with Gasteiger partial charge < -0.3 is 0 Å². The van der Waals surface area contributed by atoms with E-state index in [0.717, 1.165) is 0 Å². The second kappa shape index (κ2) is 10.9. The molecule has 0 aromatic rings. The molecule has 0 aromatic heterocycles. The Kier molecular flexibility index (Phi) is 10.6. The standard InChI is InChI=1S/C5H11.3C4H8O2.Sn/c1-4-5(2)3;3*1-2-3-4(5)6;/h4H2,1-3H3;3*2-3H2,1H3,(H,5,6);/q;;;;+3/p-3. The molecular formula is C17H32O6Sn. The summed E-state index contributed by atoms with van der Waals surface area (Å²) in [4.78, 5) is 36.4. The van der Waals surface area contributed by atoms with E-state index in [-0.39, 0.29) is 19.3 Å². The molecule has 0 aliphatic heterocycles. The molecule has 0 spiro atoms. The summed E-state index contributed by atoms with van der Waals surface area (Å²) in [5, 5.41) is 0. The van der Waals surface area contributed by atoms with Gasteiger partial charge in [0.25, 0.3) is 0 Å². The zero-order valence-corrected chi connectivity index (χ0v) is 18.8. The van der Waals surface area contributed by atoms with Gasteiger partial charge in [0, 0.05) is 0 Å².